The number of aromatic nitrogens is 2. The second-order valence-electron chi connectivity index (χ2n) is 4.01. The number of anilines is 1. The SMILES string of the molecule is Cc1cc2ncnc(N3CCNCC3)c2s1. The number of rotatable bonds is 1. The molecular weight excluding hydrogens is 220 g/mol. The molecule has 3 rings (SSSR count). The molecule has 1 saturated heterocycles. The summed E-state index contributed by atoms with van der Waals surface area (Å²) in [5.74, 6) is 1.10. The van der Waals surface area contributed by atoms with Crippen LogP contribution in [0.3, 0.4) is 0 Å². The van der Waals surface area contributed by atoms with Gasteiger partial charge in [0.1, 0.15) is 12.1 Å². The molecule has 84 valence electrons. The first-order chi connectivity index (χ1) is 7.84. The van der Waals surface area contributed by atoms with Crippen LogP contribution in [0.25, 0.3) is 10.2 Å². The van der Waals surface area contributed by atoms with Crippen LogP contribution < -0.4 is 10.2 Å². The minimum atomic E-state index is 1.03. The first-order valence-corrected chi connectivity index (χ1v) is 6.33. The van der Waals surface area contributed by atoms with Gasteiger partial charge in [0.25, 0.3) is 0 Å². The number of fused-ring (bicyclic) bond motifs is 1. The predicted octanol–water partition coefficient (Wildman–Crippen LogP) is 1.41. The summed E-state index contributed by atoms with van der Waals surface area (Å²) in [4.78, 5) is 12.4. The fraction of sp³-hybridized carbons (Fsp3) is 0.455. The molecule has 0 aliphatic carbocycles. The number of nitrogens with one attached hydrogen (secondary N) is 1. The molecule has 0 aromatic carbocycles. The first kappa shape index (κ1) is 9.99. The van der Waals surface area contributed by atoms with E-state index in [0.29, 0.717) is 0 Å². The third-order valence-corrected chi connectivity index (χ3v) is 3.87. The average Bonchev–Trinajstić information content (AvgIpc) is 2.70. The molecule has 1 aliphatic rings. The molecule has 0 atom stereocenters. The lowest BCUT2D eigenvalue weighted by Gasteiger charge is -2.28. The van der Waals surface area contributed by atoms with Crippen LogP contribution in [0.1, 0.15) is 4.88 Å². The van der Waals surface area contributed by atoms with Crippen molar-refractivity contribution in [2.75, 3.05) is 31.1 Å². The number of hydrogen-bond donors (Lipinski definition) is 1. The third kappa shape index (κ3) is 1.66. The topological polar surface area (TPSA) is 41.1 Å². The maximum atomic E-state index is 4.44. The van der Waals surface area contributed by atoms with Gasteiger partial charge in [-0.1, -0.05) is 0 Å². The van der Waals surface area contributed by atoms with E-state index in [1.54, 1.807) is 17.7 Å². The summed E-state index contributed by atoms with van der Waals surface area (Å²) in [6, 6.07) is 2.13. The molecule has 0 unspecified atom stereocenters. The second kappa shape index (κ2) is 3.99. The molecule has 0 spiro atoms. The Morgan fingerprint density at radius 3 is 2.94 bits per heavy atom. The summed E-state index contributed by atoms with van der Waals surface area (Å²) in [5.41, 5.74) is 1.08. The summed E-state index contributed by atoms with van der Waals surface area (Å²) in [5, 5.41) is 3.36. The molecule has 2 aromatic rings. The third-order valence-electron chi connectivity index (χ3n) is 2.83. The van der Waals surface area contributed by atoms with E-state index in [0.717, 1.165) is 37.5 Å². The van der Waals surface area contributed by atoms with Crippen molar-refractivity contribution in [2.45, 2.75) is 6.92 Å². The Labute approximate surface area is 98.3 Å². The normalized spacial score (nSPS) is 16.9. The number of hydrogen-bond acceptors (Lipinski definition) is 5. The van der Waals surface area contributed by atoms with Crippen molar-refractivity contribution in [1.29, 1.82) is 0 Å². The average molecular weight is 234 g/mol. The fourth-order valence-corrected chi connectivity index (χ4v) is 3.05. The van der Waals surface area contributed by atoms with E-state index in [4.69, 9.17) is 0 Å². The van der Waals surface area contributed by atoms with Crippen molar-refractivity contribution in [3.05, 3.63) is 17.3 Å². The van der Waals surface area contributed by atoms with E-state index in [-0.39, 0.29) is 0 Å². The molecule has 0 saturated carbocycles. The Hall–Kier alpha value is -1.20. The van der Waals surface area contributed by atoms with Crippen molar-refractivity contribution >= 4 is 27.4 Å². The van der Waals surface area contributed by atoms with E-state index in [2.05, 4.69) is 33.2 Å². The second-order valence-corrected chi connectivity index (χ2v) is 5.26. The zero-order valence-corrected chi connectivity index (χ0v) is 10.0. The highest BCUT2D eigenvalue weighted by molar-refractivity contribution is 7.19. The molecule has 0 bridgehead atoms. The van der Waals surface area contributed by atoms with E-state index in [1.807, 2.05) is 0 Å². The van der Waals surface area contributed by atoms with Gasteiger partial charge < -0.3 is 10.2 Å². The van der Waals surface area contributed by atoms with Crippen LogP contribution in [0.5, 0.6) is 0 Å². The van der Waals surface area contributed by atoms with Gasteiger partial charge in [-0.15, -0.1) is 11.3 Å². The van der Waals surface area contributed by atoms with Gasteiger partial charge in [0.05, 0.1) is 10.2 Å². The molecule has 0 amide bonds. The summed E-state index contributed by atoms with van der Waals surface area (Å²) < 4.78 is 1.22. The van der Waals surface area contributed by atoms with Crippen molar-refractivity contribution < 1.29 is 0 Å². The van der Waals surface area contributed by atoms with Gasteiger partial charge in [0.2, 0.25) is 0 Å². The van der Waals surface area contributed by atoms with Crippen LogP contribution in [0.2, 0.25) is 0 Å². The Morgan fingerprint density at radius 2 is 2.12 bits per heavy atom. The van der Waals surface area contributed by atoms with Crippen LogP contribution in [-0.4, -0.2) is 36.1 Å². The van der Waals surface area contributed by atoms with Gasteiger partial charge in [0, 0.05) is 31.1 Å². The number of aryl methyl sites for hydroxylation is 1. The van der Waals surface area contributed by atoms with Crippen molar-refractivity contribution in [2.24, 2.45) is 0 Å². The minimum Gasteiger partial charge on any atom is -0.353 e. The van der Waals surface area contributed by atoms with Crippen LogP contribution in [0.15, 0.2) is 12.4 Å². The lowest BCUT2D eigenvalue weighted by Crippen LogP contribution is -2.43. The van der Waals surface area contributed by atoms with E-state index < -0.39 is 0 Å². The maximum absolute atomic E-state index is 4.44. The molecule has 1 fully saturated rings. The molecule has 4 nitrogen and oxygen atoms in total. The molecule has 2 aromatic heterocycles. The summed E-state index contributed by atoms with van der Waals surface area (Å²) in [6.45, 7) is 6.26. The molecule has 1 N–H and O–H groups in total. The lowest BCUT2D eigenvalue weighted by atomic mass is 10.3. The Morgan fingerprint density at radius 1 is 1.31 bits per heavy atom. The molecule has 0 radical (unpaired) electrons. The quantitative estimate of drug-likeness (QED) is 0.810. The number of thiophene rings is 1. The summed E-state index contributed by atoms with van der Waals surface area (Å²) in [6.07, 6.45) is 1.67. The Balaban J connectivity index is 2.07. The largest absolute Gasteiger partial charge is 0.353 e. The van der Waals surface area contributed by atoms with E-state index in [9.17, 15) is 0 Å². The van der Waals surface area contributed by atoms with Crippen molar-refractivity contribution in [3.63, 3.8) is 0 Å². The summed E-state index contributed by atoms with van der Waals surface area (Å²) >= 11 is 1.79. The Bertz CT molecular complexity index is 502. The van der Waals surface area contributed by atoms with Gasteiger partial charge >= 0.3 is 0 Å². The van der Waals surface area contributed by atoms with Crippen LogP contribution >= 0.6 is 11.3 Å². The highest BCUT2D eigenvalue weighted by Gasteiger charge is 2.16. The molecule has 3 heterocycles. The number of nitrogens with zero attached hydrogens (tertiary/aromatic N) is 3. The molecule has 1 aliphatic heterocycles. The van der Waals surface area contributed by atoms with E-state index >= 15 is 0 Å². The van der Waals surface area contributed by atoms with Crippen molar-refractivity contribution in [1.82, 2.24) is 15.3 Å². The van der Waals surface area contributed by atoms with Gasteiger partial charge in [-0.25, -0.2) is 9.97 Å². The molecular formula is C11H14N4S. The number of piperazine rings is 1. The standard InChI is InChI=1S/C11H14N4S/c1-8-6-9-10(16-8)11(14-7-13-9)15-4-2-12-3-5-15/h6-7,12H,2-5H2,1H3. The lowest BCUT2D eigenvalue weighted by molar-refractivity contribution is 0.586. The Kier molecular flexibility index (Phi) is 2.49. The zero-order chi connectivity index (χ0) is 11.0. The zero-order valence-electron chi connectivity index (χ0n) is 9.23. The van der Waals surface area contributed by atoms with Crippen molar-refractivity contribution in [3.8, 4) is 0 Å². The van der Waals surface area contributed by atoms with Gasteiger partial charge in [-0.2, -0.15) is 0 Å². The molecule has 16 heavy (non-hydrogen) atoms. The first-order valence-electron chi connectivity index (χ1n) is 5.51. The highest BCUT2D eigenvalue weighted by atomic mass is 32.1. The minimum absolute atomic E-state index is 1.03. The fourth-order valence-electron chi connectivity index (χ4n) is 2.06. The highest BCUT2D eigenvalue weighted by Crippen LogP contribution is 2.30. The van der Waals surface area contributed by atoms with Gasteiger partial charge in [-0.05, 0) is 13.0 Å². The van der Waals surface area contributed by atoms with Crippen LogP contribution in [0, 0.1) is 6.92 Å². The monoisotopic (exact) mass is 234 g/mol. The van der Waals surface area contributed by atoms with Crippen LogP contribution in [0.4, 0.5) is 5.82 Å². The van der Waals surface area contributed by atoms with Gasteiger partial charge in [0.15, 0.2) is 0 Å². The van der Waals surface area contributed by atoms with Gasteiger partial charge in [-0.3, -0.25) is 0 Å². The summed E-state index contributed by atoms with van der Waals surface area (Å²) in [7, 11) is 0. The van der Waals surface area contributed by atoms with Crippen LogP contribution in [-0.2, 0) is 0 Å². The predicted molar refractivity (Wildman–Crippen MR) is 67.2 cm³/mol. The van der Waals surface area contributed by atoms with E-state index in [1.165, 1.54) is 9.58 Å². The smallest absolute Gasteiger partial charge is 0.150 e. The molecule has 5 heteroatoms. The maximum Gasteiger partial charge on any atom is 0.150 e.